The SMILES string of the molecule is CC(C)(C)c1cc(N)nc(-c2ccccc2Br)n1. The summed E-state index contributed by atoms with van der Waals surface area (Å²) in [5.74, 6) is 1.16. The number of benzene rings is 1. The molecule has 1 aromatic heterocycles. The van der Waals surface area contributed by atoms with Gasteiger partial charge in [0.25, 0.3) is 0 Å². The number of nitrogens with two attached hydrogens (primary N) is 1. The van der Waals surface area contributed by atoms with E-state index in [-0.39, 0.29) is 5.41 Å². The Kier molecular flexibility index (Phi) is 3.39. The van der Waals surface area contributed by atoms with Gasteiger partial charge in [-0.1, -0.05) is 54.9 Å². The van der Waals surface area contributed by atoms with Gasteiger partial charge in [0.2, 0.25) is 0 Å². The minimum atomic E-state index is -0.0485. The summed E-state index contributed by atoms with van der Waals surface area (Å²) in [4.78, 5) is 8.93. The molecule has 0 aliphatic heterocycles. The number of hydrogen-bond acceptors (Lipinski definition) is 3. The Morgan fingerprint density at radius 3 is 2.39 bits per heavy atom. The number of nitrogen functional groups attached to an aromatic ring is 1. The predicted molar refractivity (Wildman–Crippen MR) is 78.3 cm³/mol. The molecule has 0 aliphatic rings. The summed E-state index contributed by atoms with van der Waals surface area (Å²) in [7, 11) is 0. The van der Waals surface area contributed by atoms with Crippen LogP contribution in [-0.4, -0.2) is 9.97 Å². The second-order valence-corrected chi connectivity index (χ2v) is 6.09. The fourth-order valence-corrected chi connectivity index (χ4v) is 2.08. The van der Waals surface area contributed by atoms with Crippen LogP contribution in [0.15, 0.2) is 34.8 Å². The van der Waals surface area contributed by atoms with Crippen molar-refractivity contribution in [2.45, 2.75) is 26.2 Å². The van der Waals surface area contributed by atoms with Crippen molar-refractivity contribution >= 4 is 21.7 Å². The largest absolute Gasteiger partial charge is 0.384 e. The molecule has 0 aliphatic carbocycles. The second kappa shape index (κ2) is 4.69. The number of halogens is 1. The van der Waals surface area contributed by atoms with Gasteiger partial charge in [-0.3, -0.25) is 0 Å². The summed E-state index contributed by atoms with van der Waals surface area (Å²) in [5, 5.41) is 0. The topological polar surface area (TPSA) is 51.8 Å². The monoisotopic (exact) mass is 305 g/mol. The van der Waals surface area contributed by atoms with Crippen LogP contribution in [0.2, 0.25) is 0 Å². The summed E-state index contributed by atoms with van der Waals surface area (Å²) < 4.78 is 0.968. The average molecular weight is 306 g/mol. The molecule has 1 heterocycles. The zero-order chi connectivity index (χ0) is 13.3. The third-order valence-corrected chi connectivity index (χ3v) is 3.32. The Morgan fingerprint density at radius 1 is 1.11 bits per heavy atom. The minimum absolute atomic E-state index is 0.0485. The Bertz CT molecular complexity index is 573. The van der Waals surface area contributed by atoms with Crippen molar-refractivity contribution in [2.75, 3.05) is 5.73 Å². The van der Waals surface area contributed by atoms with E-state index >= 15 is 0 Å². The Labute approximate surface area is 116 Å². The van der Waals surface area contributed by atoms with Gasteiger partial charge >= 0.3 is 0 Å². The molecule has 0 bridgehead atoms. The molecule has 0 saturated carbocycles. The van der Waals surface area contributed by atoms with Crippen molar-refractivity contribution in [3.8, 4) is 11.4 Å². The van der Waals surface area contributed by atoms with Crippen molar-refractivity contribution < 1.29 is 0 Å². The highest BCUT2D eigenvalue weighted by molar-refractivity contribution is 9.10. The van der Waals surface area contributed by atoms with Crippen molar-refractivity contribution in [1.29, 1.82) is 0 Å². The second-order valence-electron chi connectivity index (χ2n) is 5.23. The molecule has 2 aromatic rings. The lowest BCUT2D eigenvalue weighted by atomic mass is 9.92. The van der Waals surface area contributed by atoms with Gasteiger partial charge < -0.3 is 5.73 Å². The van der Waals surface area contributed by atoms with Gasteiger partial charge in [-0.05, 0) is 6.07 Å². The number of hydrogen-bond donors (Lipinski definition) is 1. The highest BCUT2D eigenvalue weighted by Crippen LogP contribution is 2.28. The quantitative estimate of drug-likeness (QED) is 0.872. The standard InChI is InChI=1S/C14H16BrN3/c1-14(2,3)11-8-12(16)18-13(17-11)9-6-4-5-7-10(9)15/h4-8H,1-3H3,(H2,16,17,18). The van der Waals surface area contributed by atoms with Gasteiger partial charge in [-0.25, -0.2) is 9.97 Å². The summed E-state index contributed by atoms with van der Waals surface area (Å²) >= 11 is 3.51. The van der Waals surface area contributed by atoms with Crippen LogP contribution >= 0.6 is 15.9 Å². The molecule has 0 unspecified atom stereocenters. The minimum Gasteiger partial charge on any atom is -0.384 e. The van der Waals surface area contributed by atoms with Gasteiger partial charge in [0.05, 0.1) is 5.69 Å². The fraction of sp³-hybridized carbons (Fsp3) is 0.286. The van der Waals surface area contributed by atoms with Crippen molar-refractivity contribution in [3.63, 3.8) is 0 Å². The smallest absolute Gasteiger partial charge is 0.162 e. The van der Waals surface area contributed by atoms with Crippen LogP contribution in [0.1, 0.15) is 26.5 Å². The van der Waals surface area contributed by atoms with E-state index in [1.807, 2.05) is 30.3 Å². The Morgan fingerprint density at radius 2 is 1.78 bits per heavy atom. The maximum atomic E-state index is 5.88. The first-order chi connectivity index (χ1) is 8.38. The van der Waals surface area contributed by atoms with Gasteiger partial charge in [-0.15, -0.1) is 0 Å². The summed E-state index contributed by atoms with van der Waals surface area (Å²) in [6.07, 6.45) is 0. The summed E-state index contributed by atoms with van der Waals surface area (Å²) in [6, 6.07) is 9.71. The first-order valence-electron chi connectivity index (χ1n) is 5.78. The maximum absolute atomic E-state index is 5.88. The van der Waals surface area contributed by atoms with E-state index in [0.29, 0.717) is 11.6 Å². The van der Waals surface area contributed by atoms with E-state index in [1.54, 1.807) is 0 Å². The third kappa shape index (κ3) is 2.70. The maximum Gasteiger partial charge on any atom is 0.162 e. The first kappa shape index (κ1) is 13.0. The van der Waals surface area contributed by atoms with Crippen LogP contribution in [0.5, 0.6) is 0 Å². The van der Waals surface area contributed by atoms with Crippen molar-refractivity contribution in [2.24, 2.45) is 0 Å². The number of rotatable bonds is 1. The van der Waals surface area contributed by atoms with Crippen LogP contribution in [0.3, 0.4) is 0 Å². The number of anilines is 1. The molecule has 0 saturated heterocycles. The van der Waals surface area contributed by atoms with Crippen LogP contribution < -0.4 is 5.73 Å². The van der Waals surface area contributed by atoms with Crippen molar-refractivity contribution in [3.05, 3.63) is 40.5 Å². The zero-order valence-corrected chi connectivity index (χ0v) is 12.3. The molecule has 2 N–H and O–H groups in total. The average Bonchev–Trinajstić information content (AvgIpc) is 2.27. The van der Waals surface area contributed by atoms with Crippen LogP contribution in [-0.2, 0) is 5.41 Å². The van der Waals surface area contributed by atoms with Gasteiger partial charge in [0.1, 0.15) is 5.82 Å². The van der Waals surface area contributed by atoms with E-state index in [4.69, 9.17) is 5.73 Å². The van der Waals surface area contributed by atoms with Gasteiger partial charge in [-0.2, -0.15) is 0 Å². The van der Waals surface area contributed by atoms with E-state index in [9.17, 15) is 0 Å². The molecular weight excluding hydrogens is 290 g/mol. The Balaban J connectivity index is 2.60. The molecule has 18 heavy (non-hydrogen) atoms. The molecule has 1 aromatic carbocycles. The lowest BCUT2D eigenvalue weighted by molar-refractivity contribution is 0.568. The molecular formula is C14H16BrN3. The van der Waals surface area contributed by atoms with Crippen LogP contribution in [0.4, 0.5) is 5.82 Å². The normalized spacial score (nSPS) is 11.6. The summed E-state index contributed by atoms with van der Waals surface area (Å²) in [5.41, 5.74) is 7.73. The highest BCUT2D eigenvalue weighted by Gasteiger charge is 2.18. The molecule has 0 spiro atoms. The fourth-order valence-electron chi connectivity index (χ4n) is 1.61. The first-order valence-corrected chi connectivity index (χ1v) is 6.57. The molecule has 0 radical (unpaired) electrons. The van der Waals surface area contributed by atoms with E-state index in [0.717, 1.165) is 15.7 Å². The van der Waals surface area contributed by atoms with E-state index in [1.165, 1.54) is 0 Å². The highest BCUT2D eigenvalue weighted by atomic mass is 79.9. The zero-order valence-electron chi connectivity index (χ0n) is 10.7. The van der Waals surface area contributed by atoms with Crippen molar-refractivity contribution in [1.82, 2.24) is 9.97 Å². The van der Waals surface area contributed by atoms with Crippen LogP contribution in [0, 0.1) is 0 Å². The third-order valence-electron chi connectivity index (χ3n) is 2.63. The number of nitrogens with zero attached hydrogens (tertiary/aromatic N) is 2. The molecule has 2 rings (SSSR count). The molecule has 4 heteroatoms. The predicted octanol–water partition coefficient (Wildman–Crippen LogP) is 3.79. The lowest BCUT2D eigenvalue weighted by Crippen LogP contribution is -2.15. The molecule has 3 nitrogen and oxygen atoms in total. The number of aromatic nitrogens is 2. The molecule has 94 valence electrons. The molecule has 0 atom stereocenters. The summed E-state index contributed by atoms with van der Waals surface area (Å²) in [6.45, 7) is 6.33. The van der Waals surface area contributed by atoms with E-state index < -0.39 is 0 Å². The molecule has 0 amide bonds. The van der Waals surface area contributed by atoms with Gasteiger partial charge in [0, 0.05) is 21.5 Å². The van der Waals surface area contributed by atoms with E-state index in [2.05, 4.69) is 46.7 Å². The molecule has 0 fully saturated rings. The van der Waals surface area contributed by atoms with Crippen LogP contribution in [0.25, 0.3) is 11.4 Å². The Hall–Kier alpha value is -1.42. The van der Waals surface area contributed by atoms with Gasteiger partial charge in [0.15, 0.2) is 5.82 Å². The lowest BCUT2D eigenvalue weighted by Gasteiger charge is -2.18.